The number of hydrogen-bond acceptors (Lipinski definition) is 8. The fourth-order valence-electron chi connectivity index (χ4n) is 5.52. The van der Waals surface area contributed by atoms with Crippen molar-refractivity contribution in [2.24, 2.45) is 11.5 Å². The minimum atomic E-state index is -1.02. The molecule has 6 atom stereocenters. The summed E-state index contributed by atoms with van der Waals surface area (Å²) in [5.74, 6) is 0. The number of nitrogens with two attached hydrogens (primary N) is 2. The Hall–Kier alpha value is -0.320. The highest BCUT2D eigenvalue weighted by Gasteiger charge is 2.23. The minimum Gasteiger partial charge on any atom is -0.395 e. The largest absolute Gasteiger partial charge is 0.395 e. The molecule has 0 aliphatic rings. The van der Waals surface area contributed by atoms with Crippen LogP contribution in [0, 0.1) is 0 Å². The van der Waals surface area contributed by atoms with Gasteiger partial charge in [-0.3, -0.25) is 0 Å². The molecule has 1 unspecified atom stereocenters. The van der Waals surface area contributed by atoms with Crippen molar-refractivity contribution >= 4 is 0 Å². The lowest BCUT2D eigenvalue weighted by Gasteiger charge is -2.22. The second kappa shape index (κ2) is 35.5. The van der Waals surface area contributed by atoms with Crippen LogP contribution in [-0.4, -0.2) is 80.4 Å². The summed E-state index contributed by atoms with van der Waals surface area (Å²) < 4.78 is 0. The van der Waals surface area contributed by atoms with Gasteiger partial charge in [0.05, 0.1) is 49.7 Å². The van der Waals surface area contributed by atoms with Crippen molar-refractivity contribution in [1.29, 1.82) is 0 Å². The SMILES string of the molecule is CCCCCCCCCCCCCCC(O)[C@@H](O)[C@@H](N)CO.CCCCCCCCCCCCCC[C@@H](O)[C@@H](O)[C@@H](N)CO. The number of aliphatic hydroxyl groups excluding tert-OH is 6. The Labute approximate surface area is 272 Å². The van der Waals surface area contributed by atoms with E-state index < -0.39 is 36.5 Å². The van der Waals surface area contributed by atoms with Crippen LogP contribution >= 0.6 is 0 Å². The van der Waals surface area contributed by atoms with Gasteiger partial charge in [0.2, 0.25) is 0 Å². The highest BCUT2D eigenvalue weighted by molar-refractivity contribution is 4.78. The highest BCUT2D eigenvalue weighted by Crippen LogP contribution is 2.15. The van der Waals surface area contributed by atoms with E-state index in [2.05, 4.69) is 13.8 Å². The summed E-state index contributed by atoms with van der Waals surface area (Å²) in [6.45, 7) is 3.91. The first-order valence-corrected chi connectivity index (χ1v) is 18.7. The van der Waals surface area contributed by atoms with E-state index in [0.717, 1.165) is 25.7 Å². The molecule has 0 saturated heterocycles. The second-order valence-electron chi connectivity index (χ2n) is 13.2. The maximum absolute atomic E-state index is 9.74. The van der Waals surface area contributed by atoms with E-state index in [0.29, 0.717) is 12.8 Å². The van der Waals surface area contributed by atoms with Crippen LogP contribution in [0.15, 0.2) is 0 Å². The molecule has 0 bridgehead atoms. The van der Waals surface area contributed by atoms with Gasteiger partial charge < -0.3 is 42.1 Å². The average Bonchev–Trinajstić information content (AvgIpc) is 3.04. The Morgan fingerprint density at radius 3 is 0.773 bits per heavy atom. The normalized spacial score (nSPS) is 15.7. The molecule has 0 aromatic heterocycles. The molecule has 0 aliphatic carbocycles. The zero-order chi connectivity index (χ0) is 33.3. The summed E-state index contributed by atoms with van der Waals surface area (Å²) in [5, 5.41) is 56.4. The molecule has 0 saturated carbocycles. The average molecular weight is 635 g/mol. The third kappa shape index (κ3) is 30.3. The van der Waals surface area contributed by atoms with E-state index in [-0.39, 0.29) is 13.2 Å². The predicted molar refractivity (Wildman–Crippen MR) is 186 cm³/mol. The Morgan fingerprint density at radius 1 is 0.364 bits per heavy atom. The Kier molecular flexibility index (Phi) is 37.0. The van der Waals surface area contributed by atoms with Gasteiger partial charge in [-0.2, -0.15) is 0 Å². The lowest BCUT2D eigenvalue weighted by atomic mass is 10.00. The topological polar surface area (TPSA) is 173 Å². The van der Waals surface area contributed by atoms with Gasteiger partial charge >= 0.3 is 0 Å². The summed E-state index contributed by atoms with van der Waals surface area (Å²) in [6.07, 6.45) is 28.2. The van der Waals surface area contributed by atoms with Crippen LogP contribution in [0.4, 0.5) is 0 Å². The Balaban J connectivity index is 0. The molecule has 0 radical (unpaired) electrons. The van der Waals surface area contributed by atoms with Crippen molar-refractivity contribution in [3.8, 4) is 0 Å². The fraction of sp³-hybridized carbons (Fsp3) is 1.00. The summed E-state index contributed by atoms with van der Waals surface area (Å²) in [6, 6.07) is -1.49. The van der Waals surface area contributed by atoms with Crippen molar-refractivity contribution in [3.63, 3.8) is 0 Å². The lowest BCUT2D eigenvalue weighted by molar-refractivity contribution is -0.0121. The van der Waals surface area contributed by atoms with Crippen LogP contribution in [0.5, 0.6) is 0 Å². The zero-order valence-electron chi connectivity index (χ0n) is 29.1. The first kappa shape index (κ1) is 45.8. The summed E-state index contributed by atoms with van der Waals surface area (Å²) in [7, 11) is 0. The molecule has 0 aromatic rings. The van der Waals surface area contributed by atoms with E-state index in [4.69, 9.17) is 21.7 Å². The van der Waals surface area contributed by atoms with Crippen molar-refractivity contribution in [1.82, 2.24) is 0 Å². The quantitative estimate of drug-likeness (QED) is 0.0402. The summed E-state index contributed by atoms with van der Waals surface area (Å²) >= 11 is 0. The van der Waals surface area contributed by atoms with Gasteiger partial charge in [0.15, 0.2) is 0 Å². The number of aliphatic hydroxyl groups is 6. The maximum Gasteiger partial charge on any atom is 0.0971 e. The van der Waals surface area contributed by atoms with Gasteiger partial charge in [0.1, 0.15) is 0 Å². The molecule has 10 N–H and O–H groups in total. The highest BCUT2D eigenvalue weighted by atomic mass is 16.3. The molecule has 0 heterocycles. The minimum absolute atomic E-state index is 0.295. The number of hydrogen-bond donors (Lipinski definition) is 8. The zero-order valence-corrected chi connectivity index (χ0v) is 29.1. The molecular weight excluding hydrogens is 556 g/mol. The second-order valence-corrected chi connectivity index (χ2v) is 13.2. The third-order valence-corrected chi connectivity index (χ3v) is 8.79. The lowest BCUT2D eigenvalue weighted by Crippen LogP contribution is -2.45. The fourth-order valence-corrected chi connectivity index (χ4v) is 5.52. The van der Waals surface area contributed by atoms with Gasteiger partial charge in [-0.1, -0.05) is 168 Å². The van der Waals surface area contributed by atoms with Crippen LogP contribution in [0.2, 0.25) is 0 Å². The molecule has 0 spiro atoms. The molecule has 0 aromatic carbocycles. The Morgan fingerprint density at radius 2 is 0.568 bits per heavy atom. The molecule has 0 aliphatic heterocycles. The van der Waals surface area contributed by atoms with Gasteiger partial charge in [-0.15, -0.1) is 0 Å². The number of unbranched alkanes of at least 4 members (excludes halogenated alkanes) is 22. The van der Waals surface area contributed by atoms with Gasteiger partial charge in [-0.25, -0.2) is 0 Å². The van der Waals surface area contributed by atoms with E-state index in [1.165, 1.54) is 128 Å². The predicted octanol–water partition coefficient (Wildman–Crippen LogP) is 6.24. The van der Waals surface area contributed by atoms with Crippen LogP contribution < -0.4 is 11.5 Å². The standard InChI is InChI=1S/2C18H39NO3/c2*1-2-3-4-5-6-7-8-9-10-11-12-13-14-17(21)18(22)16(19)15-20/h2*16-18,20-22H,2-15,19H2,1H3/t16-,17?,18-;16-,17+,18-/m00/s1. The van der Waals surface area contributed by atoms with E-state index in [1.54, 1.807) is 0 Å². The maximum atomic E-state index is 9.74. The Bertz CT molecular complexity index is 499. The van der Waals surface area contributed by atoms with Gasteiger partial charge in [0, 0.05) is 0 Å². The van der Waals surface area contributed by atoms with Gasteiger partial charge in [-0.05, 0) is 12.8 Å². The molecule has 0 amide bonds. The first-order chi connectivity index (χ1) is 21.3. The van der Waals surface area contributed by atoms with E-state index in [1.807, 2.05) is 0 Å². The van der Waals surface area contributed by atoms with Crippen molar-refractivity contribution in [2.45, 2.75) is 217 Å². The molecule has 0 fully saturated rings. The molecule has 0 rings (SSSR count). The first-order valence-electron chi connectivity index (χ1n) is 18.7. The summed E-state index contributed by atoms with van der Waals surface area (Å²) in [5.41, 5.74) is 11.0. The molecular formula is C36H78N2O6. The van der Waals surface area contributed by atoms with Crippen molar-refractivity contribution < 1.29 is 30.6 Å². The van der Waals surface area contributed by atoms with E-state index >= 15 is 0 Å². The third-order valence-electron chi connectivity index (χ3n) is 8.79. The van der Waals surface area contributed by atoms with Crippen LogP contribution in [0.1, 0.15) is 181 Å². The molecule has 44 heavy (non-hydrogen) atoms. The molecule has 8 heteroatoms. The molecule has 8 nitrogen and oxygen atoms in total. The molecule has 268 valence electrons. The van der Waals surface area contributed by atoms with Crippen LogP contribution in [-0.2, 0) is 0 Å². The van der Waals surface area contributed by atoms with Gasteiger partial charge in [0.25, 0.3) is 0 Å². The van der Waals surface area contributed by atoms with Crippen molar-refractivity contribution in [2.75, 3.05) is 13.2 Å². The monoisotopic (exact) mass is 635 g/mol. The smallest absolute Gasteiger partial charge is 0.0971 e. The van der Waals surface area contributed by atoms with E-state index in [9.17, 15) is 20.4 Å². The van der Waals surface area contributed by atoms with Crippen molar-refractivity contribution in [3.05, 3.63) is 0 Å². The number of rotatable bonds is 32. The van der Waals surface area contributed by atoms with Crippen LogP contribution in [0.25, 0.3) is 0 Å². The van der Waals surface area contributed by atoms with Crippen LogP contribution in [0.3, 0.4) is 0 Å². The summed E-state index contributed by atoms with van der Waals surface area (Å²) in [4.78, 5) is 0.